The lowest BCUT2D eigenvalue weighted by Gasteiger charge is -2.48. The average molecular weight is 664 g/mol. The Labute approximate surface area is 276 Å². The molecule has 12 nitrogen and oxygen atoms in total. The van der Waals surface area contributed by atoms with Crippen LogP contribution in [0.2, 0.25) is 0 Å². The standard InChI is InChI=1S/C34H39F2N7O5/c1-16(2)25-28(18(4)40(8)39-25)43-30-19(13-21(36)26(37-30)24-20(35)11-10-12-23(24)47-9)29-27(32(43)45)38-31(44)22-15-41(17(3)14-42(22)29)33(46)48-34(5,6)7/h10-13,16-17,22H,14-15H2,1-9H3,(H,38,44)/t17-,22-/m1/s1. The number of fused-ring (bicyclic) bond motifs is 5. The van der Waals surface area contributed by atoms with E-state index in [-0.39, 0.29) is 58.4 Å². The van der Waals surface area contributed by atoms with E-state index in [1.807, 2.05) is 20.8 Å². The Morgan fingerprint density at radius 1 is 1.10 bits per heavy atom. The van der Waals surface area contributed by atoms with Crippen LogP contribution in [0.1, 0.15) is 58.8 Å². The lowest BCUT2D eigenvalue weighted by Crippen LogP contribution is -2.65. The van der Waals surface area contributed by atoms with Crippen LogP contribution in [-0.2, 0) is 16.6 Å². The first-order valence-electron chi connectivity index (χ1n) is 15.8. The molecule has 0 radical (unpaired) electrons. The highest BCUT2D eigenvalue weighted by molar-refractivity contribution is 6.10. The number of hydrogen-bond donors (Lipinski definition) is 1. The fourth-order valence-corrected chi connectivity index (χ4v) is 6.48. The van der Waals surface area contributed by atoms with Crippen molar-refractivity contribution in [1.82, 2.24) is 24.2 Å². The quantitative estimate of drug-likeness (QED) is 0.313. The van der Waals surface area contributed by atoms with Gasteiger partial charge in [-0.05, 0) is 58.7 Å². The second-order valence-electron chi connectivity index (χ2n) is 13.6. The van der Waals surface area contributed by atoms with E-state index < -0.39 is 46.9 Å². The van der Waals surface area contributed by atoms with Crippen molar-refractivity contribution in [2.24, 2.45) is 7.05 Å². The second-order valence-corrected chi connectivity index (χ2v) is 13.6. The summed E-state index contributed by atoms with van der Waals surface area (Å²) in [7, 11) is 3.09. The Morgan fingerprint density at radius 2 is 1.81 bits per heavy atom. The molecule has 0 unspecified atom stereocenters. The molecule has 6 rings (SSSR count). The number of carbonyl (C=O) groups is 2. The molecule has 2 aliphatic rings. The number of hydrogen-bond acceptors (Lipinski definition) is 8. The average Bonchev–Trinajstić information content (AvgIpc) is 3.30. The van der Waals surface area contributed by atoms with E-state index in [0.29, 0.717) is 17.1 Å². The highest BCUT2D eigenvalue weighted by Crippen LogP contribution is 2.42. The van der Waals surface area contributed by atoms with Gasteiger partial charge in [-0.2, -0.15) is 5.10 Å². The molecule has 1 aromatic carbocycles. The number of halogens is 2. The van der Waals surface area contributed by atoms with Gasteiger partial charge in [0.1, 0.15) is 34.6 Å². The number of piperazine rings is 1. The number of methoxy groups -OCH3 is 1. The van der Waals surface area contributed by atoms with E-state index in [1.54, 1.807) is 44.3 Å². The largest absolute Gasteiger partial charge is 0.496 e. The van der Waals surface area contributed by atoms with Gasteiger partial charge in [-0.15, -0.1) is 0 Å². The molecule has 1 fully saturated rings. The van der Waals surface area contributed by atoms with E-state index in [1.165, 1.54) is 40.8 Å². The van der Waals surface area contributed by atoms with Gasteiger partial charge in [0.15, 0.2) is 11.5 Å². The highest BCUT2D eigenvalue weighted by Gasteiger charge is 2.45. The molecular weight excluding hydrogens is 624 g/mol. The summed E-state index contributed by atoms with van der Waals surface area (Å²) >= 11 is 0. The Bertz CT molecular complexity index is 2050. The summed E-state index contributed by atoms with van der Waals surface area (Å²) in [5.74, 6) is -2.19. The number of nitrogens with one attached hydrogen (secondary N) is 1. The van der Waals surface area contributed by atoms with Crippen LogP contribution in [-0.4, -0.2) is 74.1 Å². The number of pyridine rings is 2. The molecule has 0 saturated carbocycles. The zero-order valence-corrected chi connectivity index (χ0v) is 28.4. The van der Waals surface area contributed by atoms with Crippen LogP contribution in [0.15, 0.2) is 29.1 Å². The maximum Gasteiger partial charge on any atom is 0.410 e. The van der Waals surface area contributed by atoms with Gasteiger partial charge >= 0.3 is 6.09 Å². The zero-order valence-electron chi connectivity index (χ0n) is 28.4. The normalized spacial score (nSPS) is 17.8. The molecule has 0 bridgehead atoms. The first kappa shape index (κ1) is 32.9. The van der Waals surface area contributed by atoms with Crippen molar-refractivity contribution in [3.05, 3.63) is 57.6 Å². The molecular formula is C34H39F2N7O5. The topological polar surface area (TPSA) is 124 Å². The van der Waals surface area contributed by atoms with E-state index in [9.17, 15) is 14.4 Å². The second kappa shape index (κ2) is 11.6. The van der Waals surface area contributed by atoms with E-state index >= 15 is 8.78 Å². The monoisotopic (exact) mass is 663 g/mol. The summed E-state index contributed by atoms with van der Waals surface area (Å²) in [5, 5.41) is 7.63. The molecule has 0 spiro atoms. The fraction of sp³-hybridized carbons (Fsp3) is 0.441. The molecule has 2 atom stereocenters. The van der Waals surface area contributed by atoms with Gasteiger partial charge in [-0.1, -0.05) is 19.9 Å². The molecule has 14 heteroatoms. The Kier molecular flexibility index (Phi) is 7.95. The van der Waals surface area contributed by atoms with Gasteiger partial charge in [-0.25, -0.2) is 18.6 Å². The number of amides is 2. The zero-order chi connectivity index (χ0) is 35.0. The van der Waals surface area contributed by atoms with Gasteiger partial charge in [0, 0.05) is 25.0 Å². The molecule has 254 valence electrons. The molecule has 1 saturated heterocycles. The summed E-state index contributed by atoms with van der Waals surface area (Å²) in [6.07, 6.45) is -0.571. The SMILES string of the molecule is COc1cccc(F)c1-c1nc2c(cc1F)c1c(c(=O)n2-c2c(C(C)C)nn(C)c2C)NC(=O)[C@H]2CN(C(=O)OC(C)(C)C)[C@H](C)CN12. The van der Waals surface area contributed by atoms with E-state index in [0.717, 1.165) is 0 Å². The first-order chi connectivity index (χ1) is 22.5. The van der Waals surface area contributed by atoms with Crippen molar-refractivity contribution in [3.63, 3.8) is 0 Å². The summed E-state index contributed by atoms with van der Waals surface area (Å²) in [6, 6.07) is 3.96. The van der Waals surface area contributed by atoms with Gasteiger partial charge in [0.05, 0.1) is 42.0 Å². The van der Waals surface area contributed by atoms with Crippen molar-refractivity contribution < 1.29 is 27.8 Å². The number of aryl methyl sites for hydroxylation is 1. The number of rotatable bonds is 4. The number of carbonyl (C=O) groups excluding carboxylic acids is 2. The van der Waals surface area contributed by atoms with Crippen LogP contribution in [0.5, 0.6) is 5.75 Å². The summed E-state index contributed by atoms with van der Waals surface area (Å²) in [4.78, 5) is 49.4. The fourth-order valence-electron chi connectivity index (χ4n) is 6.48. The lowest BCUT2D eigenvalue weighted by atomic mass is 9.99. The predicted octanol–water partition coefficient (Wildman–Crippen LogP) is 5.27. The molecule has 1 N–H and O–H groups in total. The molecule has 4 aromatic rings. The highest BCUT2D eigenvalue weighted by atomic mass is 19.1. The minimum absolute atomic E-state index is 0.0361. The maximum atomic E-state index is 16.3. The predicted molar refractivity (Wildman–Crippen MR) is 177 cm³/mol. The van der Waals surface area contributed by atoms with Crippen LogP contribution in [0, 0.1) is 18.6 Å². The van der Waals surface area contributed by atoms with Crippen LogP contribution >= 0.6 is 0 Å². The third-order valence-corrected chi connectivity index (χ3v) is 8.81. The number of ether oxygens (including phenoxy) is 2. The van der Waals surface area contributed by atoms with Gasteiger partial charge in [0.2, 0.25) is 5.91 Å². The van der Waals surface area contributed by atoms with E-state index in [2.05, 4.69) is 15.4 Å². The summed E-state index contributed by atoms with van der Waals surface area (Å²) in [5.41, 5.74) is -0.0493. The lowest BCUT2D eigenvalue weighted by molar-refractivity contribution is -0.118. The van der Waals surface area contributed by atoms with Gasteiger partial charge in [-0.3, -0.25) is 18.8 Å². The maximum absolute atomic E-state index is 16.3. The van der Waals surface area contributed by atoms with Crippen molar-refractivity contribution in [2.75, 3.05) is 30.4 Å². The molecule has 0 aliphatic carbocycles. The van der Waals surface area contributed by atoms with Crippen molar-refractivity contribution in [1.29, 1.82) is 0 Å². The first-order valence-corrected chi connectivity index (χ1v) is 15.8. The number of benzene rings is 1. The minimum Gasteiger partial charge on any atom is -0.496 e. The van der Waals surface area contributed by atoms with Gasteiger partial charge < -0.3 is 24.6 Å². The number of aromatic nitrogens is 4. The van der Waals surface area contributed by atoms with E-state index in [4.69, 9.17) is 9.47 Å². The molecule has 48 heavy (non-hydrogen) atoms. The molecule has 5 heterocycles. The Hall–Kier alpha value is -5.01. The molecule has 3 aromatic heterocycles. The Morgan fingerprint density at radius 3 is 2.46 bits per heavy atom. The van der Waals surface area contributed by atoms with Crippen molar-refractivity contribution in [2.45, 2.75) is 72.1 Å². The third kappa shape index (κ3) is 5.23. The summed E-state index contributed by atoms with van der Waals surface area (Å²) in [6.45, 7) is 12.8. The van der Waals surface area contributed by atoms with Crippen LogP contribution in [0.25, 0.3) is 28.0 Å². The number of nitrogens with zero attached hydrogens (tertiary/aromatic N) is 6. The molecule has 2 aliphatic heterocycles. The minimum atomic E-state index is -0.916. The molecule has 2 amide bonds. The Balaban J connectivity index is 1.66. The van der Waals surface area contributed by atoms with Gasteiger partial charge in [0.25, 0.3) is 5.56 Å². The van der Waals surface area contributed by atoms with Crippen LogP contribution < -0.4 is 20.5 Å². The van der Waals surface area contributed by atoms with Crippen molar-refractivity contribution >= 4 is 34.4 Å². The smallest absolute Gasteiger partial charge is 0.410 e. The van der Waals surface area contributed by atoms with Crippen LogP contribution in [0.4, 0.5) is 25.0 Å². The van der Waals surface area contributed by atoms with Crippen LogP contribution in [0.3, 0.4) is 0 Å². The van der Waals surface area contributed by atoms with Crippen molar-refractivity contribution in [3.8, 4) is 22.7 Å². The third-order valence-electron chi connectivity index (χ3n) is 8.81. The number of anilines is 2. The summed E-state index contributed by atoms with van der Waals surface area (Å²) < 4.78 is 45.6.